The molecule has 3 N–H and O–H groups in total. The highest BCUT2D eigenvalue weighted by atomic mass is 19.1. The first-order valence-electron chi connectivity index (χ1n) is 6.88. The first-order valence-corrected chi connectivity index (χ1v) is 6.88. The molecule has 2 unspecified atom stereocenters. The van der Waals surface area contributed by atoms with E-state index in [4.69, 9.17) is 10.5 Å². The number of fused-ring (bicyclic) bond motifs is 1. The average molecular weight is 267 g/mol. The van der Waals surface area contributed by atoms with Crippen molar-refractivity contribution in [2.75, 3.05) is 13.2 Å². The zero-order valence-electron chi connectivity index (χ0n) is 11.4. The summed E-state index contributed by atoms with van der Waals surface area (Å²) in [5.74, 6) is 0.524. The molecule has 4 heteroatoms. The van der Waals surface area contributed by atoms with E-state index in [2.05, 4.69) is 6.92 Å². The van der Waals surface area contributed by atoms with Crippen molar-refractivity contribution in [3.63, 3.8) is 0 Å². The third kappa shape index (κ3) is 3.07. The molecule has 19 heavy (non-hydrogen) atoms. The van der Waals surface area contributed by atoms with E-state index in [9.17, 15) is 9.50 Å². The molecule has 1 aromatic rings. The smallest absolute Gasteiger partial charge is 0.123 e. The van der Waals surface area contributed by atoms with Crippen molar-refractivity contribution in [2.24, 2.45) is 11.1 Å². The van der Waals surface area contributed by atoms with Crippen LogP contribution in [0.5, 0.6) is 5.75 Å². The second-order valence-electron chi connectivity index (χ2n) is 5.51. The average Bonchev–Trinajstić information content (AvgIpc) is 2.79. The highest BCUT2D eigenvalue weighted by Gasteiger charge is 2.34. The van der Waals surface area contributed by atoms with Crippen LogP contribution in [-0.4, -0.2) is 24.4 Å². The van der Waals surface area contributed by atoms with Gasteiger partial charge in [-0.2, -0.15) is 0 Å². The van der Waals surface area contributed by atoms with E-state index in [1.54, 1.807) is 6.07 Å². The number of nitrogens with two attached hydrogens (primary N) is 1. The molecular formula is C15H22FNO2. The lowest BCUT2D eigenvalue weighted by Gasteiger charge is -2.32. The quantitative estimate of drug-likeness (QED) is 0.831. The minimum absolute atomic E-state index is 0.0148. The van der Waals surface area contributed by atoms with Gasteiger partial charge in [-0.15, -0.1) is 0 Å². The minimum atomic E-state index is -0.278. The van der Waals surface area contributed by atoms with Crippen molar-refractivity contribution in [1.82, 2.24) is 0 Å². The number of hydrogen-bond donors (Lipinski definition) is 2. The molecule has 0 saturated heterocycles. The standard InChI is InChI=1S/C15H22FNO2/c1-2-5-15(9-17,10-18)8-13-7-11-6-12(16)3-4-14(11)19-13/h3-4,6,13,18H,2,5,7-10,17H2,1H3. The number of halogens is 1. The third-order valence-corrected chi connectivity index (χ3v) is 3.97. The molecular weight excluding hydrogens is 245 g/mol. The highest BCUT2D eigenvalue weighted by Crippen LogP contribution is 2.36. The monoisotopic (exact) mass is 267 g/mol. The van der Waals surface area contributed by atoms with E-state index in [1.807, 2.05) is 0 Å². The predicted octanol–water partition coefficient (Wildman–Crippen LogP) is 2.26. The zero-order chi connectivity index (χ0) is 13.9. The summed E-state index contributed by atoms with van der Waals surface area (Å²) in [7, 11) is 0. The van der Waals surface area contributed by atoms with Crippen LogP contribution >= 0.6 is 0 Å². The molecule has 2 atom stereocenters. The van der Waals surface area contributed by atoms with Gasteiger partial charge in [-0.25, -0.2) is 4.39 Å². The molecule has 0 aliphatic carbocycles. The topological polar surface area (TPSA) is 55.5 Å². The van der Waals surface area contributed by atoms with Gasteiger partial charge >= 0.3 is 0 Å². The fraction of sp³-hybridized carbons (Fsp3) is 0.600. The third-order valence-electron chi connectivity index (χ3n) is 3.97. The number of hydrogen-bond acceptors (Lipinski definition) is 3. The van der Waals surface area contributed by atoms with Crippen LogP contribution < -0.4 is 10.5 Å². The molecule has 1 heterocycles. The SMILES string of the molecule is CCCC(CN)(CO)CC1Cc2cc(F)ccc2O1. The Morgan fingerprint density at radius 2 is 2.32 bits per heavy atom. The Labute approximate surface area is 113 Å². The summed E-state index contributed by atoms with van der Waals surface area (Å²) >= 11 is 0. The van der Waals surface area contributed by atoms with Gasteiger partial charge in [0.15, 0.2) is 0 Å². The van der Waals surface area contributed by atoms with E-state index >= 15 is 0 Å². The van der Waals surface area contributed by atoms with Gasteiger partial charge in [-0.05, 0) is 31.0 Å². The number of aliphatic hydroxyl groups is 1. The van der Waals surface area contributed by atoms with E-state index in [-0.39, 0.29) is 23.9 Å². The Balaban J connectivity index is 2.06. The van der Waals surface area contributed by atoms with Gasteiger partial charge in [-0.1, -0.05) is 13.3 Å². The van der Waals surface area contributed by atoms with E-state index < -0.39 is 0 Å². The van der Waals surface area contributed by atoms with Gasteiger partial charge in [-0.3, -0.25) is 0 Å². The van der Waals surface area contributed by atoms with Crippen LogP contribution in [0.2, 0.25) is 0 Å². The summed E-state index contributed by atoms with van der Waals surface area (Å²) in [5, 5.41) is 9.63. The van der Waals surface area contributed by atoms with E-state index in [0.717, 1.165) is 24.2 Å². The Morgan fingerprint density at radius 1 is 1.53 bits per heavy atom. The van der Waals surface area contributed by atoms with Gasteiger partial charge in [0, 0.05) is 23.9 Å². The second kappa shape index (κ2) is 5.88. The number of rotatable bonds is 6. The number of aliphatic hydroxyl groups excluding tert-OH is 1. The molecule has 0 radical (unpaired) electrons. The van der Waals surface area contributed by atoms with Gasteiger partial charge in [0.05, 0.1) is 6.61 Å². The lowest BCUT2D eigenvalue weighted by atomic mass is 9.78. The molecule has 0 saturated carbocycles. The molecule has 0 fully saturated rings. The lowest BCUT2D eigenvalue weighted by Crippen LogP contribution is -2.38. The summed E-state index contributed by atoms with van der Waals surface area (Å²) in [6, 6.07) is 4.61. The van der Waals surface area contributed by atoms with Crippen molar-refractivity contribution < 1.29 is 14.2 Å². The Morgan fingerprint density at radius 3 is 2.95 bits per heavy atom. The summed E-state index contributed by atoms with van der Waals surface area (Å²) < 4.78 is 19.0. The van der Waals surface area contributed by atoms with Crippen LogP contribution in [0, 0.1) is 11.2 Å². The summed E-state index contributed by atoms with van der Waals surface area (Å²) in [6.07, 6.45) is 3.25. The van der Waals surface area contributed by atoms with Crippen molar-refractivity contribution in [2.45, 2.75) is 38.7 Å². The van der Waals surface area contributed by atoms with Crippen molar-refractivity contribution >= 4 is 0 Å². The van der Waals surface area contributed by atoms with Gasteiger partial charge < -0.3 is 15.6 Å². The van der Waals surface area contributed by atoms with Gasteiger partial charge in [0.25, 0.3) is 0 Å². The lowest BCUT2D eigenvalue weighted by molar-refractivity contribution is 0.0667. The molecule has 0 aromatic heterocycles. The number of benzene rings is 1. The molecule has 0 spiro atoms. The molecule has 2 rings (SSSR count). The Kier molecular flexibility index (Phi) is 4.42. The van der Waals surface area contributed by atoms with Crippen LogP contribution in [0.15, 0.2) is 18.2 Å². The first kappa shape index (κ1) is 14.3. The molecule has 0 amide bonds. The molecule has 1 aliphatic heterocycles. The second-order valence-corrected chi connectivity index (χ2v) is 5.51. The Hall–Kier alpha value is -1.13. The molecule has 106 valence electrons. The van der Waals surface area contributed by atoms with Crippen LogP contribution in [0.3, 0.4) is 0 Å². The summed E-state index contributed by atoms with van der Waals surface area (Å²) in [6.45, 7) is 2.60. The maximum absolute atomic E-state index is 13.2. The highest BCUT2D eigenvalue weighted by molar-refractivity contribution is 5.37. The van der Waals surface area contributed by atoms with Crippen LogP contribution in [0.4, 0.5) is 4.39 Å². The fourth-order valence-electron chi connectivity index (χ4n) is 2.91. The Bertz CT molecular complexity index is 432. The zero-order valence-corrected chi connectivity index (χ0v) is 11.4. The minimum Gasteiger partial charge on any atom is -0.490 e. The molecule has 1 aromatic carbocycles. The van der Waals surface area contributed by atoms with E-state index in [1.165, 1.54) is 12.1 Å². The van der Waals surface area contributed by atoms with Gasteiger partial charge in [0.1, 0.15) is 17.7 Å². The molecule has 0 bridgehead atoms. The van der Waals surface area contributed by atoms with E-state index in [0.29, 0.717) is 19.4 Å². The molecule has 1 aliphatic rings. The summed E-state index contributed by atoms with van der Waals surface area (Å²) in [5.41, 5.74) is 6.47. The largest absolute Gasteiger partial charge is 0.490 e. The first-order chi connectivity index (χ1) is 9.12. The van der Waals surface area contributed by atoms with Gasteiger partial charge in [0.2, 0.25) is 0 Å². The number of ether oxygens (including phenoxy) is 1. The normalized spacial score (nSPS) is 20.7. The van der Waals surface area contributed by atoms with Crippen LogP contribution in [-0.2, 0) is 6.42 Å². The maximum atomic E-state index is 13.2. The maximum Gasteiger partial charge on any atom is 0.123 e. The predicted molar refractivity (Wildman–Crippen MR) is 72.6 cm³/mol. The van der Waals surface area contributed by atoms with Crippen LogP contribution in [0.25, 0.3) is 0 Å². The van der Waals surface area contributed by atoms with Crippen molar-refractivity contribution in [1.29, 1.82) is 0 Å². The fourth-order valence-corrected chi connectivity index (χ4v) is 2.91. The molecule has 3 nitrogen and oxygen atoms in total. The van der Waals surface area contributed by atoms with Crippen molar-refractivity contribution in [3.8, 4) is 5.75 Å². The summed E-state index contributed by atoms with van der Waals surface area (Å²) in [4.78, 5) is 0. The van der Waals surface area contributed by atoms with Crippen molar-refractivity contribution in [3.05, 3.63) is 29.6 Å². The van der Waals surface area contributed by atoms with Crippen LogP contribution in [0.1, 0.15) is 31.7 Å².